The zero-order valence-corrected chi connectivity index (χ0v) is 23.5. The Morgan fingerprint density at radius 3 is 1.91 bits per heavy atom. The van der Waals surface area contributed by atoms with Crippen molar-refractivity contribution < 1.29 is 30.7 Å². The third-order valence-electron chi connectivity index (χ3n) is 3.21. The molecule has 12 nitrogen and oxygen atoms in total. The van der Waals surface area contributed by atoms with Gasteiger partial charge in [0.1, 0.15) is 5.69 Å². The Balaban J connectivity index is 0.00000480. The Bertz CT molecular complexity index is 1290. The zero-order valence-electron chi connectivity index (χ0n) is 16.4. The topological polar surface area (TPSA) is 201 Å². The van der Waals surface area contributed by atoms with E-state index in [0.717, 1.165) is 36.4 Å². The van der Waals surface area contributed by atoms with Crippen LogP contribution in [0.3, 0.4) is 0 Å². The summed E-state index contributed by atoms with van der Waals surface area (Å²) in [6.07, 6.45) is 0. The number of hydrogen-bond acceptors (Lipinski definition) is 8. The standard InChI is InChI=1S/C14H11Cl2N5O7S2.2Na/c15-9-3-1-7(29(23,24)25)5-11(9)18-20-14(13(17)22)21-19-12-6-8(30(26,27)28)2-4-10(12)16;;/h1-6,18H,(H2,17,22)(H,23,24,25)(H,26,27,28);;. The van der Waals surface area contributed by atoms with Gasteiger partial charge in [-0.15, -0.1) is 15.3 Å². The molecule has 0 fully saturated rings. The van der Waals surface area contributed by atoms with Crippen LogP contribution in [0.15, 0.2) is 61.5 Å². The SMILES string of the molecule is NC(=O)C(N=Nc1cc(S(=O)(=O)O)ccc1Cl)=NNc1cc(S(=O)(=O)O)ccc1Cl.[Na].[Na]. The van der Waals surface area contributed by atoms with Gasteiger partial charge in [0, 0.05) is 59.1 Å². The fourth-order valence-corrected chi connectivity index (χ4v) is 3.14. The van der Waals surface area contributed by atoms with Crippen LogP contribution in [0.25, 0.3) is 0 Å². The first kappa shape index (κ1) is 31.4. The average molecular weight is 542 g/mol. The normalized spacial score (nSPS) is 12.1. The van der Waals surface area contributed by atoms with E-state index in [0.29, 0.717) is 0 Å². The fourth-order valence-electron chi connectivity index (χ4n) is 1.82. The molecule has 0 saturated carbocycles. The predicted octanol–water partition coefficient (Wildman–Crippen LogP) is 1.72. The number of anilines is 1. The number of hydrogen-bond donors (Lipinski definition) is 4. The number of nitrogens with two attached hydrogens (primary N) is 1. The summed E-state index contributed by atoms with van der Waals surface area (Å²) in [6.45, 7) is 0. The molecule has 0 spiro atoms. The van der Waals surface area contributed by atoms with Crippen LogP contribution in [0.4, 0.5) is 11.4 Å². The van der Waals surface area contributed by atoms with Gasteiger partial charge in [0.2, 0.25) is 0 Å². The maximum absolute atomic E-state index is 11.5. The summed E-state index contributed by atoms with van der Waals surface area (Å²) >= 11 is 11.8. The van der Waals surface area contributed by atoms with Crippen molar-refractivity contribution in [2.45, 2.75) is 9.79 Å². The van der Waals surface area contributed by atoms with Gasteiger partial charge in [-0.2, -0.15) is 16.8 Å². The number of benzene rings is 2. The van der Waals surface area contributed by atoms with E-state index < -0.39 is 41.8 Å². The van der Waals surface area contributed by atoms with Gasteiger partial charge in [0.05, 0.1) is 25.5 Å². The van der Waals surface area contributed by atoms with Crippen molar-refractivity contribution >= 4 is 126 Å². The van der Waals surface area contributed by atoms with Crippen LogP contribution in [-0.4, -0.2) is 96.8 Å². The van der Waals surface area contributed by atoms with E-state index in [2.05, 4.69) is 20.8 Å². The van der Waals surface area contributed by atoms with Crippen LogP contribution in [0.5, 0.6) is 0 Å². The van der Waals surface area contributed by atoms with E-state index in [1.807, 2.05) is 0 Å². The average Bonchev–Trinajstić information content (AvgIpc) is 2.62. The van der Waals surface area contributed by atoms with Crippen molar-refractivity contribution in [3.05, 3.63) is 46.4 Å². The van der Waals surface area contributed by atoms with E-state index in [4.69, 9.17) is 38.0 Å². The number of amidine groups is 1. The molecule has 0 aromatic heterocycles. The molecule has 5 N–H and O–H groups in total. The molecule has 0 aliphatic rings. The molecule has 32 heavy (non-hydrogen) atoms. The number of amides is 1. The van der Waals surface area contributed by atoms with Gasteiger partial charge in [-0.3, -0.25) is 19.3 Å². The van der Waals surface area contributed by atoms with Crippen LogP contribution >= 0.6 is 23.2 Å². The van der Waals surface area contributed by atoms with Gasteiger partial charge in [0.25, 0.3) is 32.0 Å². The second kappa shape index (κ2) is 12.7. The molecule has 0 saturated heterocycles. The maximum atomic E-state index is 11.5. The fraction of sp³-hybridized carbons (Fsp3) is 0. The summed E-state index contributed by atoms with van der Waals surface area (Å²) in [5.74, 6) is -1.90. The van der Waals surface area contributed by atoms with E-state index in [9.17, 15) is 21.6 Å². The number of halogens is 2. The minimum atomic E-state index is -4.54. The van der Waals surface area contributed by atoms with Gasteiger partial charge in [-0.1, -0.05) is 23.2 Å². The van der Waals surface area contributed by atoms with E-state index in [-0.39, 0.29) is 80.5 Å². The Kier molecular flexibility index (Phi) is 12.5. The minimum absolute atomic E-state index is 0. The number of hydrazone groups is 1. The molecule has 2 aromatic carbocycles. The summed E-state index contributed by atoms with van der Waals surface area (Å²) in [5.41, 5.74) is 7.04. The monoisotopic (exact) mass is 541 g/mol. The summed E-state index contributed by atoms with van der Waals surface area (Å²) in [4.78, 5) is 10.5. The molecular weight excluding hydrogens is 531 g/mol. The van der Waals surface area contributed by atoms with Crippen LogP contribution in [0, 0.1) is 0 Å². The second-order valence-electron chi connectivity index (χ2n) is 5.32. The third kappa shape index (κ3) is 8.96. The molecule has 0 bridgehead atoms. The molecule has 18 heteroatoms. The molecule has 2 rings (SSSR count). The third-order valence-corrected chi connectivity index (χ3v) is 5.55. The van der Waals surface area contributed by atoms with Gasteiger partial charge >= 0.3 is 0 Å². The van der Waals surface area contributed by atoms with Gasteiger partial charge in [-0.05, 0) is 36.4 Å². The molecule has 0 aliphatic heterocycles. The Hall–Kier alpha value is -0.620. The molecule has 162 valence electrons. The van der Waals surface area contributed by atoms with E-state index in [1.54, 1.807) is 0 Å². The van der Waals surface area contributed by atoms with E-state index >= 15 is 0 Å². The number of carbonyl (C=O) groups is 1. The molecule has 0 unspecified atom stereocenters. The first-order valence-corrected chi connectivity index (χ1v) is 11.0. The largest absolute Gasteiger partial charge is 0.363 e. The number of nitrogens with zero attached hydrogens (tertiary/aromatic N) is 3. The van der Waals surface area contributed by atoms with Gasteiger partial charge in [-0.25, -0.2) is 0 Å². The summed E-state index contributed by atoms with van der Waals surface area (Å²) in [6, 6.07) is 6.15. The maximum Gasteiger partial charge on any atom is 0.294 e. The Morgan fingerprint density at radius 2 is 1.41 bits per heavy atom. The quantitative estimate of drug-likeness (QED) is 0.109. The Labute approximate surface area is 236 Å². The number of rotatable bonds is 5. The van der Waals surface area contributed by atoms with Crippen molar-refractivity contribution in [2.75, 3.05) is 5.43 Å². The number of nitrogens with one attached hydrogen (secondary N) is 1. The van der Waals surface area contributed by atoms with Crippen molar-refractivity contribution in [3.63, 3.8) is 0 Å². The number of azo groups is 1. The van der Waals surface area contributed by atoms with E-state index in [1.165, 1.54) is 0 Å². The molecule has 0 heterocycles. The van der Waals surface area contributed by atoms with Crippen LogP contribution in [-0.2, 0) is 25.0 Å². The molecule has 0 aliphatic carbocycles. The minimum Gasteiger partial charge on any atom is -0.363 e. The van der Waals surface area contributed by atoms with Crippen molar-refractivity contribution in [1.29, 1.82) is 0 Å². The predicted molar refractivity (Wildman–Crippen MR) is 119 cm³/mol. The van der Waals surface area contributed by atoms with Gasteiger partial charge < -0.3 is 5.73 Å². The molecule has 1 amide bonds. The van der Waals surface area contributed by atoms with Crippen molar-refractivity contribution in [3.8, 4) is 0 Å². The molecule has 2 radical (unpaired) electrons. The summed E-state index contributed by atoms with van der Waals surface area (Å²) < 4.78 is 62.9. The molecule has 0 atom stereocenters. The summed E-state index contributed by atoms with van der Waals surface area (Å²) in [5, 5.41) is 10.5. The Morgan fingerprint density at radius 1 is 0.906 bits per heavy atom. The van der Waals surface area contributed by atoms with Crippen LogP contribution < -0.4 is 11.2 Å². The number of primary amides is 1. The smallest absolute Gasteiger partial charge is 0.294 e. The summed E-state index contributed by atoms with van der Waals surface area (Å²) in [7, 11) is -9.07. The second-order valence-corrected chi connectivity index (χ2v) is 8.97. The molecular formula is C14H11Cl2N5Na2O7S2. The van der Waals surface area contributed by atoms with Crippen LogP contribution in [0.1, 0.15) is 0 Å². The van der Waals surface area contributed by atoms with Gasteiger partial charge in [0.15, 0.2) is 0 Å². The van der Waals surface area contributed by atoms with Crippen LogP contribution in [0.2, 0.25) is 10.0 Å². The zero-order chi connectivity index (χ0) is 22.7. The van der Waals surface area contributed by atoms with Crippen molar-refractivity contribution in [2.24, 2.45) is 21.1 Å². The molecule has 2 aromatic rings. The first-order chi connectivity index (χ1) is 13.8. The first-order valence-electron chi connectivity index (χ1n) is 7.38. The van der Waals surface area contributed by atoms with Crippen molar-refractivity contribution in [1.82, 2.24) is 0 Å². The number of carbonyl (C=O) groups excluding carboxylic acids is 1.